The summed E-state index contributed by atoms with van der Waals surface area (Å²) in [6.45, 7) is 0. The number of carbonyl (C=O) groups is 1. The Morgan fingerprint density at radius 3 is 2.60 bits per heavy atom. The van der Waals surface area contributed by atoms with Crippen LogP contribution in [-0.2, 0) is 0 Å². The van der Waals surface area contributed by atoms with Gasteiger partial charge in [0.25, 0.3) is 5.91 Å². The smallest absolute Gasteiger partial charge is 0.275 e. The lowest BCUT2D eigenvalue weighted by molar-refractivity contribution is 0.0952. The highest BCUT2D eigenvalue weighted by Gasteiger charge is 2.13. The second-order valence-electron chi connectivity index (χ2n) is 5.21. The number of nitrogens with zero attached hydrogens (tertiary/aromatic N) is 1. The molecule has 25 heavy (non-hydrogen) atoms. The number of fused-ring (bicyclic) bond motifs is 1. The van der Waals surface area contributed by atoms with Crippen LogP contribution in [0.3, 0.4) is 0 Å². The minimum Gasteiger partial charge on any atom is -0.506 e. The fraction of sp³-hybridized carbons (Fsp3) is 0. The zero-order valence-corrected chi connectivity index (χ0v) is 14.2. The third kappa shape index (κ3) is 3.52. The molecule has 0 unspecified atom stereocenters. The third-order valence-electron chi connectivity index (χ3n) is 3.57. The lowest BCUT2D eigenvalue weighted by Crippen LogP contribution is -2.17. The Kier molecular flexibility index (Phi) is 4.79. The minimum absolute atomic E-state index is 0.0763. The molecule has 0 radical (unpaired) electrons. The van der Waals surface area contributed by atoms with Crippen molar-refractivity contribution < 1.29 is 15.0 Å². The maximum absolute atomic E-state index is 12.2. The summed E-state index contributed by atoms with van der Waals surface area (Å²) in [4.78, 5) is 12.2. The molecule has 5 nitrogen and oxygen atoms in total. The Morgan fingerprint density at radius 2 is 1.80 bits per heavy atom. The summed E-state index contributed by atoms with van der Waals surface area (Å²) in [6.07, 6.45) is 1.21. The van der Waals surface area contributed by atoms with E-state index in [9.17, 15) is 15.0 Å². The van der Waals surface area contributed by atoms with Gasteiger partial charge in [0.05, 0.1) is 16.8 Å². The molecular formula is C18H12Cl2N2O3. The molecule has 7 heteroatoms. The van der Waals surface area contributed by atoms with Gasteiger partial charge in [-0.25, -0.2) is 5.43 Å². The number of aromatic hydroxyl groups is 2. The fourth-order valence-corrected chi connectivity index (χ4v) is 2.85. The first-order valence-electron chi connectivity index (χ1n) is 7.19. The van der Waals surface area contributed by atoms with Crippen LogP contribution in [0.5, 0.6) is 11.5 Å². The summed E-state index contributed by atoms with van der Waals surface area (Å²) in [6, 6.07) is 13.2. The summed E-state index contributed by atoms with van der Waals surface area (Å²) >= 11 is 11.7. The number of phenolic OH excluding ortho intramolecular Hbond substituents is 2. The Morgan fingerprint density at radius 1 is 1.04 bits per heavy atom. The molecule has 0 aromatic heterocycles. The van der Waals surface area contributed by atoms with Crippen molar-refractivity contribution in [1.29, 1.82) is 0 Å². The predicted molar refractivity (Wildman–Crippen MR) is 98.8 cm³/mol. The number of hydrazone groups is 1. The van der Waals surface area contributed by atoms with E-state index in [2.05, 4.69) is 10.5 Å². The second-order valence-corrected chi connectivity index (χ2v) is 6.05. The van der Waals surface area contributed by atoms with E-state index in [0.29, 0.717) is 10.4 Å². The highest BCUT2D eigenvalue weighted by Crippen LogP contribution is 2.30. The average molecular weight is 375 g/mol. The van der Waals surface area contributed by atoms with Crippen LogP contribution in [0, 0.1) is 0 Å². The van der Waals surface area contributed by atoms with Gasteiger partial charge in [0, 0.05) is 16.0 Å². The Labute approximate surface area is 153 Å². The summed E-state index contributed by atoms with van der Waals surface area (Å²) < 4.78 is 0. The van der Waals surface area contributed by atoms with Gasteiger partial charge in [-0.05, 0) is 23.6 Å². The summed E-state index contributed by atoms with van der Waals surface area (Å²) in [5.41, 5.74) is 2.63. The monoisotopic (exact) mass is 374 g/mol. The van der Waals surface area contributed by atoms with Crippen molar-refractivity contribution in [2.24, 2.45) is 5.10 Å². The Balaban J connectivity index is 1.83. The van der Waals surface area contributed by atoms with Crippen molar-refractivity contribution in [3.63, 3.8) is 0 Å². The summed E-state index contributed by atoms with van der Waals surface area (Å²) in [5.74, 6) is -0.913. The Bertz CT molecular complexity index is 1000. The number of carbonyl (C=O) groups excluding carboxylic acids is 1. The molecule has 0 aliphatic rings. The van der Waals surface area contributed by atoms with Crippen LogP contribution in [0.25, 0.3) is 10.8 Å². The van der Waals surface area contributed by atoms with Gasteiger partial charge in [-0.3, -0.25) is 4.79 Å². The predicted octanol–water partition coefficient (Wildman–Crippen LogP) is 4.32. The topological polar surface area (TPSA) is 81.9 Å². The minimum atomic E-state index is -0.591. The quantitative estimate of drug-likeness (QED) is 0.471. The molecule has 126 valence electrons. The third-order valence-corrected chi connectivity index (χ3v) is 4.08. The van der Waals surface area contributed by atoms with E-state index in [1.54, 1.807) is 18.2 Å². The first-order valence-corrected chi connectivity index (χ1v) is 7.95. The Hall–Kier alpha value is -2.76. The molecule has 3 aromatic carbocycles. The van der Waals surface area contributed by atoms with Gasteiger partial charge in [-0.1, -0.05) is 53.5 Å². The van der Waals surface area contributed by atoms with E-state index in [4.69, 9.17) is 23.2 Å². The van der Waals surface area contributed by atoms with Crippen molar-refractivity contribution in [2.75, 3.05) is 0 Å². The van der Waals surface area contributed by atoms with Crippen molar-refractivity contribution in [1.82, 2.24) is 5.43 Å². The molecule has 0 saturated carbocycles. The van der Waals surface area contributed by atoms with Crippen molar-refractivity contribution >= 4 is 46.1 Å². The highest BCUT2D eigenvalue weighted by atomic mass is 35.5. The van der Waals surface area contributed by atoms with E-state index in [1.807, 2.05) is 12.1 Å². The molecular weight excluding hydrogens is 363 g/mol. The largest absolute Gasteiger partial charge is 0.506 e. The first-order chi connectivity index (χ1) is 12.0. The number of amides is 1. The van der Waals surface area contributed by atoms with Crippen LogP contribution in [-0.4, -0.2) is 22.3 Å². The molecule has 0 saturated heterocycles. The molecule has 3 aromatic rings. The zero-order chi connectivity index (χ0) is 18.0. The lowest BCUT2D eigenvalue weighted by Gasteiger charge is -2.07. The van der Waals surface area contributed by atoms with E-state index < -0.39 is 5.91 Å². The standard InChI is InChI=1S/C18H12Cl2N2O3/c19-12-7-11(16(23)15(20)8-12)9-21-22-18(25)14-6-5-10-3-1-2-4-13(10)17(14)24/h1-9,23-24H,(H,22,25). The molecule has 0 aliphatic heterocycles. The number of rotatable bonds is 3. The summed E-state index contributed by atoms with van der Waals surface area (Å²) in [7, 11) is 0. The van der Waals surface area contributed by atoms with Crippen LogP contribution < -0.4 is 5.43 Å². The molecule has 0 bridgehead atoms. The summed E-state index contributed by atoms with van der Waals surface area (Å²) in [5, 5.41) is 25.7. The highest BCUT2D eigenvalue weighted by molar-refractivity contribution is 6.36. The van der Waals surface area contributed by atoms with Crippen LogP contribution in [0.15, 0.2) is 53.6 Å². The SMILES string of the molecule is O=C(NN=Cc1cc(Cl)cc(Cl)c1O)c1ccc2ccccc2c1O. The molecule has 3 N–H and O–H groups in total. The van der Waals surface area contributed by atoms with E-state index in [-0.39, 0.29) is 27.6 Å². The molecule has 0 aliphatic carbocycles. The zero-order valence-electron chi connectivity index (χ0n) is 12.7. The van der Waals surface area contributed by atoms with E-state index in [1.165, 1.54) is 24.4 Å². The first kappa shape index (κ1) is 17.1. The van der Waals surface area contributed by atoms with E-state index in [0.717, 1.165) is 5.39 Å². The molecule has 0 heterocycles. The van der Waals surface area contributed by atoms with Crippen LogP contribution >= 0.6 is 23.2 Å². The van der Waals surface area contributed by atoms with E-state index >= 15 is 0 Å². The van der Waals surface area contributed by atoms with Gasteiger partial charge in [0.15, 0.2) is 0 Å². The van der Waals surface area contributed by atoms with Crippen LogP contribution in [0.1, 0.15) is 15.9 Å². The molecule has 0 atom stereocenters. The van der Waals surface area contributed by atoms with Crippen molar-refractivity contribution in [2.45, 2.75) is 0 Å². The van der Waals surface area contributed by atoms with Crippen LogP contribution in [0.2, 0.25) is 10.0 Å². The van der Waals surface area contributed by atoms with Gasteiger partial charge < -0.3 is 10.2 Å². The fourth-order valence-electron chi connectivity index (χ4n) is 2.34. The lowest BCUT2D eigenvalue weighted by atomic mass is 10.1. The normalized spacial score (nSPS) is 11.1. The molecule has 0 spiro atoms. The maximum Gasteiger partial charge on any atom is 0.275 e. The van der Waals surface area contributed by atoms with Crippen molar-refractivity contribution in [3.8, 4) is 11.5 Å². The van der Waals surface area contributed by atoms with Crippen molar-refractivity contribution in [3.05, 3.63) is 69.7 Å². The number of halogens is 2. The second kappa shape index (κ2) is 7.01. The van der Waals surface area contributed by atoms with Gasteiger partial charge in [-0.15, -0.1) is 0 Å². The number of benzene rings is 3. The van der Waals surface area contributed by atoms with Gasteiger partial charge in [0.2, 0.25) is 0 Å². The number of phenols is 2. The van der Waals surface area contributed by atoms with Crippen LogP contribution in [0.4, 0.5) is 0 Å². The number of hydrogen-bond donors (Lipinski definition) is 3. The molecule has 3 rings (SSSR count). The van der Waals surface area contributed by atoms with Gasteiger partial charge in [0.1, 0.15) is 11.5 Å². The average Bonchev–Trinajstić information content (AvgIpc) is 2.59. The van der Waals surface area contributed by atoms with Gasteiger partial charge in [-0.2, -0.15) is 5.10 Å². The molecule has 0 fully saturated rings. The maximum atomic E-state index is 12.2. The van der Waals surface area contributed by atoms with Gasteiger partial charge >= 0.3 is 0 Å². The number of hydrogen-bond acceptors (Lipinski definition) is 4. The number of nitrogens with one attached hydrogen (secondary N) is 1. The molecule has 1 amide bonds.